The van der Waals surface area contributed by atoms with Crippen molar-refractivity contribution in [3.63, 3.8) is 0 Å². The molecule has 12 heteroatoms. The minimum atomic E-state index is -3.55. The Bertz CT molecular complexity index is 1090. The van der Waals surface area contributed by atoms with Gasteiger partial charge >= 0.3 is 11.9 Å². The molecule has 1 aliphatic rings. The molecule has 0 bridgehead atoms. The highest BCUT2D eigenvalue weighted by Gasteiger charge is 2.29. The third kappa shape index (κ3) is 5.37. The first-order valence-electron chi connectivity index (χ1n) is 9.30. The lowest BCUT2D eigenvalue weighted by atomic mass is 10.1. The molecule has 168 valence electrons. The van der Waals surface area contributed by atoms with Crippen LogP contribution in [-0.2, 0) is 14.8 Å². The maximum absolute atomic E-state index is 12.6. The van der Waals surface area contributed by atoms with Crippen LogP contribution in [0.1, 0.15) is 22.5 Å². The van der Waals surface area contributed by atoms with E-state index < -0.39 is 28.6 Å². The van der Waals surface area contributed by atoms with Crippen molar-refractivity contribution in [3.8, 4) is 16.2 Å². The van der Waals surface area contributed by atoms with E-state index in [2.05, 4.69) is 21.2 Å². The number of aliphatic carboxylic acids is 1. The number of ether oxygens (including phenoxy) is 1. The molecule has 1 aromatic heterocycles. The van der Waals surface area contributed by atoms with Crippen LogP contribution in [0, 0.1) is 0 Å². The van der Waals surface area contributed by atoms with E-state index in [9.17, 15) is 23.1 Å². The second-order valence-corrected chi connectivity index (χ2v) is 10.7. The lowest BCUT2D eigenvalue weighted by Gasteiger charge is -2.34. The maximum Gasteiger partial charge on any atom is 0.349 e. The highest BCUT2D eigenvalue weighted by molar-refractivity contribution is 9.10. The van der Waals surface area contributed by atoms with E-state index >= 15 is 0 Å². The van der Waals surface area contributed by atoms with Gasteiger partial charge < -0.3 is 20.3 Å². The average molecular weight is 533 g/mol. The normalized spacial score (nSPS) is 14.9. The second-order valence-electron chi connectivity index (χ2n) is 6.98. The number of rotatable bonds is 8. The van der Waals surface area contributed by atoms with Crippen molar-refractivity contribution in [2.24, 2.45) is 0 Å². The summed E-state index contributed by atoms with van der Waals surface area (Å²) in [5, 5.41) is 21.6. The molecule has 0 spiro atoms. The summed E-state index contributed by atoms with van der Waals surface area (Å²) >= 11 is 4.24. The molecule has 1 saturated heterocycles. The smallest absolute Gasteiger partial charge is 0.349 e. The van der Waals surface area contributed by atoms with Crippen molar-refractivity contribution < 1.29 is 33.0 Å². The van der Waals surface area contributed by atoms with Gasteiger partial charge in [0.25, 0.3) is 0 Å². The number of aromatic carboxylic acids is 1. The molecule has 0 saturated carbocycles. The molecular weight excluding hydrogens is 512 g/mol. The number of carboxylic acids is 2. The van der Waals surface area contributed by atoms with Crippen LogP contribution in [0.5, 0.6) is 5.75 Å². The highest BCUT2D eigenvalue weighted by Crippen LogP contribution is 2.46. The van der Waals surface area contributed by atoms with Gasteiger partial charge in [-0.25, -0.2) is 18.0 Å². The van der Waals surface area contributed by atoms with E-state index in [1.807, 2.05) is 0 Å². The third-order valence-corrected chi connectivity index (χ3v) is 8.15. The van der Waals surface area contributed by atoms with Crippen LogP contribution < -0.4 is 14.4 Å². The van der Waals surface area contributed by atoms with Crippen LogP contribution in [-0.4, -0.2) is 62.6 Å². The van der Waals surface area contributed by atoms with Crippen LogP contribution in [0.25, 0.3) is 10.4 Å². The van der Waals surface area contributed by atoms with Gasteiger partial charge in [-0.1, -0.05) is 12.1 Å². The maximum atomic E-state index is 12.6. The van der Waals surface area contributed by atoms with E-state index in [1.165, 1.54) is 10.6 Å². The number of carbonyl (C=O) groups is 2. The number of hydrogen-bond donors (Lipinski definition) is 3. The van der Waals surface area contributed by atoms with Crippen LogP contribution in [0.4, 0.5) is 5.69 Å². The number of sulfonamides is 1. The molecular formula is C19H21BrN2O7S2. The third-order valence-electron chi connectivity index (χ3n) is 4.70. The lowest BCUT2D eigenvalue weighted by Crippen LogP contribution is -2.45. The molecule has 2 heterocycles. The second kappa shape index (κ2) is 9.55. The number of carboxylic acid groups (broad SMARTS) is 2. The number of anilines is 1. The predicted molar refractivity (Wildman–Crippen MR) is 121 cm³/mol. The van der Waals surface area contributed by atoms with Crippen LogP contribution in [0.2, 0.25) is 0 Å². The Labute approximate surface area is 191 Å². The topological polar surface area (TPSA) is 133 Å². The van der Waals surface area contributed by atoms with Crippen molar-refractivity contribution in [1.29, 1.82) is 0 Å². The number of piperidine rings is 1. The van der Waals surface area contributed by atoms with Crippen molar-refractivity contribution in [2.75, 3.05) is 30.3 Å². The SMILES string of the molecule is CS(=O)(=O)N(c1cccc(-c2sc(C(=O)O)c(OCC(=O)O)c2Br)c1)C1CCNCC1. The van der Waals surface area contributed by atoms with Gasteiger partial charge in [-0.3, -0.25) is 4.31 Å². The minimum Gasteiger partial charge on any atom is -0.479 e. The fourth-order valence-electron chi connectivity index (χ4n) is 3.48. The highest BCUT2D eigenvalue weighted by atomic mass is 79.9. The zero-order valence-electron chi connectivity index (χ0n) is 16.5. The molecule has 0 unspecified atom stereocenters. The Hall–Kier alpha value is -2.15. The van der Waals surface area contributed by atoms with Gasteiger partial charge in [0, 0.05) is 6.04 Å². The molecule has 3 rings (SSSR count). The van der Waals surface area contributed by atoms with Gasteiger partial charge in [-0.15, -0.1) is 11.3 Å². The Morgan fingerprint density at radius 1 is 1.29 bits per heavy atom. The molecule has 1 fully saturated rings. The van der Waals surface area contributed by atoms with Crippen LogP contribution in [0.3, 0.4) is 0 Å². The fraction of sp³-hybridized carbons (Fsp3) is 0.368. The Kier molecular flexibility index (Phi) is 7.24. The Morgan fingerprint density at radius 3 is 2.55 bits per heavy atom. The average Bonchev–Trinajstić information content (AvgIpc) is 3.03. The molecule has 0 radical (unpaired) electrons. The first-order valence-corrected chi connectivity index (χ1v) is 12.8. The summed E-state index contributed by atoms with van der Waals surface area (Å²) in [5.41, 5.74) is 1.07. The van der Waals surface area contributed by atoms with E-state index in [-0.39, 0.29) is 16.7 Å². The van der Waals surface area contributed by atoms with Crippen molar-refractivity contribution in [1.82, 2.24) is 5.32 Å². The molecule has 0 atom stereocenters. The van der Waals surface area contributed by atoms with Gasteiger partial charge in [-0.2, -0.15) is 0 Å². The van der Waals surface area contributed by atoms with E-state index in [0.717, 1.165) is 24.4 Å². The molecule has 0 amide bonds. The minimum absolute atomic E-state index is 0.0707. The summed E-state index contributed by atoms with van der Waals surface area (Å²) in [5.74, 6) is -2.55. The van der Waals surface area contributed by atoms with Crippen LogP contribution in [0.15, 0.2) is 28.7 Å². The largest absolute Gasteiger partial charge is 0.479 e. The monoisotopic (exact) mass is 532 g/mol. The quantitative estimate of drug-likeness (QED) is 0.472. The van der Waals surface area contributed by atoms with Crippen molar-refractivity contribution in [2.45, 2.75) is 18.9 Å². The summed E-state index contributed by atoms with van der Waals surface area (Å²) in [6.45, 7) is 0.755. The molecule has 3 N–H and O–H groups in total. The molecule has 1 aliphatic heterocycles. The van der Waals surface area contributed by atoms with Gasteiger partial charge in [0.1, 0.15) is 0 Å². The first-order chi connectivity index (χ1) is 14.6. The summed E-state index contributed by atoms with van der Waals surface area (Å²) in [7, 11) is -3.55. The van der Waals surface area contributed by atoms with Crippen molar-refractivity contribution in [3.05, 3.63) is 33.6 Å². The zero-order valence-corrected chi connectivity index (χ0v) is 19.7. The number of halogens is 1. The predicted octanol–water partition coefficient (Wildman–Crippen LogP) is 2.86. The number of benzene rings is 1. The molecule has 0 aliphatic carbocycles. The fourth-order valence-corrected chi connectivity index (χ4v) is 6.62. The Morgan fingerprint density at radius 2 is 1.97 bits per heavy atom. The molecule has 2 aromatic rings. The summed E-state index contributed by atoms with van der Waals surface area (Å²) < 4.78 is 32.1. The van der Waals surface area contributed by atoms with Gasteiger partial charge in [0.05, 0.1) is 21.3 Å². The van der Waals surface area contributed by atoms with Crippen LogP contribution >= 0.6 is 27.3 Å². The van der Waals surface area contributed by atoms with E-state index in [4.69, 9.17) is 9.84 Å². The zero-order chi connectivity index (χ0) is 22.8. The summed E-state index contributed by atoms with van der Waals surface area (Å²) in [4.78, 5) is 22.9. The van der Waals surface area contributed by atoms with Gasteiger partial charge in [-0.05, 0) is 59.6 Å². The Balaban J connectivity index is 2.05. The summed E-state index contributed by atoms with van der Waals surface area (Å²) in [6, 6.07) is 6.65. The lowest BCUT2D eigenvalue weighted by molar-refractivity contribution is -0.139. The van der Waals surface area contributed by atoms with E-state index in [1.54, 1.807) is 24.3 Å². The van der Waals surface area contributed by atoms with Gasteiger partial charge in [0.2, 0.25) is 10.0 Å². The van der Waals surface area contributed by atoms with Crippen molar-refractivity contribution >= 4 is 54.9 Å². The van der Waals surface area contributed by atoms with E-state index in [0.29, 0.717) is 33.4 Å². The number of hydrogen-bond acceptors (Lipinski definition) is 7. The number of nitrogens with zero attached hydrogens (tertiary/aromatic N) is 1. The summed E-state index contributed by atoms with van der Waals surface area (Å²) in [6.07, 6.45) is 2.52. The molecule has 9 nitrogen and oxygen atoms in total. The number of nitrogens with one attached hydrogen (secondary N) is 1. The number of thiophene rings is 1. The molecule has 31 heavy (non-hydrogen) atoms. The first kappa shape index (κ1) is 23.5. The molecule has 1 aromatic carbocycles. The standard InChI is InChI=1S/C19H21BrN2O7S2/c1-31(27,28)22(12-5-7-21-8-6-12)13-4-2-3-11(9-13)17-15(20)16(29-10-14(23)24)18(30-17)19(25)26/h2-4,9,12,21H,5-8,10H2,1H3,(H,23,24)(H,25,26). The van der Waals surface area contributed by atoms with Gasteiger partial charge in [0.15, 0.2) is 17.2 Å².